The van der Waals surface area contributed by atoms with Crippen LogP contribution in [0.25, 0.3) is 5.57 Å². The van der Waals surface area contributed by atoms with Gasteiger partial charge in [0, 0.05) is 13.1 Å². The lowest BCUT2D eigenvalue weighted by atomic mass is 10.00. The van der Waals surface area contributed by atoms with E-state index in [4.69, 9.17) is 9.47 Å². The van der Waals surface area contributed by atoms with Crippen LogP contribution in [0.2, 0.25) is 0 Å². The van der Waals surface area contributed by atoms with E-state index in [1.165, 1.54) is 36.8 Å². The Labute approximate surface area is 163 Å². The van der Waals surface area contributed by atoms with Crippen molar-refractivity contribution in [3.05, 3.63) is 72.1 Å². The average molecular weight is 383 g/mol. The van der Waals surface area contributed by atoms with Crippen LogP contribution in [0.5, 0.6) is 5.75 Å². The molecule has 1 aliphatic heterocycles. The second-order valence-corrected chi connectivity index (χ2v) is 6.51. The Hall–Kier alpha value is -3.15. The SMILES string of the molecule is C[C@H](Oc1ccc(F)cc1)C(=O)OCC(=O)N1CC=C(c2ccccc2)CC1. The number of halogens is 1. The molecule has 146 valence electrons. The predicted octanol–water partition coefficient (Wildman–Crippen LogP) is 3.45. The Morgan fingerprint density at radius 1 is 1.11 bits per heavy atom. The molecule has 1 heterocycles. The quantitative estimate of drug-likeness (QED) is 0.717. The number of rotatable bonds is 6. The first-order valence-corrected chi connectivity index (χ1v) is 9.14. The first-order chi connectivity index (χ1) is 13.5. The molecular formula is C22H22FNO4. The minimum Gasteiger partial charge on any atom is -0.479 e. The zero-order chi connectivity index (χ0) is 19.9. The minimum absolute atomic E-state index is 0.245. The molecule has 0 fully saturated rings. The van der Waals surface area contributed by atoms with Crippen LogP contribution in [0.1, 0.15) is 18.9 Å². The zero-order valence-electron chi connectivity index (χ0n) is 15.6. The molecule has 0 unspecified atom stereocenters. The van der Waals surface area contributed by atoms with Crippen molar-refractivity contribution in [2.75, 3.05) is 19.7 Å². The van der Waals surface area contributed by atoms with E-state index in [0.29, 0.717) is 18.8 Å². The maximum absolute atomic E-state index is 12.9. The third-order valence-corrected chi connectivity index (χ3v) is 4.50. The van der Waals surface area contributed by atoms with E-state index in [1.807, 2.05) is 36.4 Å². The van der Waals surface area contributed by atoms with Gasteiger partial charge >= 0.3 is 5.97 Å². The van der Waals surface area contributed by atoms with E-state index in [1.54, 1.807) is 4.90 Å². The monoisotopic (exact) mass is 383 g/mol. The molecule has 0 saturated carbocycles. The largest absolute Gasteiger partial charge is 0.479 e. The normalized spacial score (nSPS) is 14.8. The van der Waals surface area contributed by atoms with Gasteiger partial charge in [-0.3, -0.25) is 4.79 Å². The van der Waals surface area contributed by atoms with Crippen molar-refractivity contribution in [1.29, 1.82) is 0 Å². The Bertz CT molecular complexity index is 849. The molecule has 0 N–H and O–H groups in total. The fourth-order valence-corrected chi connectivity index (χ4v) is 2.92. The van der Waals surface area contributed by atoms with Gasteiger partial charge in [-0.2, -0.15) is 0 Å². The number of amides is 1. The van der Waals surface area contributed by atoms with Crippen LogP contribution in [0, 0.1) is 5.82 Å². The van der Waals surface area contributed by atoms with Crippen LogP contribution < -0.4 is 4.74 Å². The van der Waals surface area contributed by atoms with Crippen molar-refractivity contribution >= 4 is 17.4 Å². The first-order valence-electron chi connectivity index (χ1n) is 9.14. The molecule has 1 amide bonds. The maximum Gasteiger partial charge on any atom is 0.347 e. The highest BCUT2D eigenvalue weighted by molar-refractivity contribution is 5.83. The molecule has 1 atom stereocenters. The van der Waals surface area contributed by atoms with Gasteiger partial charge in [-0.05, 0) is 48.7 Å². The van der Waals surface area contributed by atoms with E-state index >= 15 is 0 Å². The van der Waals surface area contributed by atoms with Crippen molar-refractivity contribution in [3.8, 4) is 5.75 Å². The Balaban J connectivity index is 1.45. The van der Waals surface area contributed by atoms with Crippen LogP contribution in [0.15, 0.2) is 60.7 Å². The maximum atomic E-state index is 12.9. The lowest BCUT2D eigenvalue weighted by molar-refractivity contribution is -0.157. The molecule has 0 spiro atoms. The molecule has 0 aromatic heterocycles. The highest BCUT2D eigenvalue weighted by Gasteiger charge is 2.22. The van der Waals surface area contributed by atoms with Gasteiger partial charge < -0.3 is 14.4 Å². The summed E-state index contributed by atoms with van der Waals surface area (Å²) in [6.45, 7) is 2.26. The van der Waals surface area contributed by atoms with Crippen LogP contribution in [-0.2, 0) is 14.3 Å². The zero-order valence-corrected chi connectivity index (χ0v) is 15.6. The lowest BCUT2D eigenvalue weighted by Gasteiger charge is -2.26. The number of hydrogen-bond donors (Lipinski definition) is 0. The summed E-state index contributed by atoms with van der Waals surface area (Å²) in [7, 11) is 0. The topological polar surface area (TPSA) is 55.8 Å². The van der Waals surface area contributed by atoms with Crippen LogP contribution >= 0.6 is 0 Å². The summed E-state index contributed by atoms with van der Waals surface area (Å²) in [5.41, 5.74) is 2.37. The molecule has 0 aliphatic carbocycles. The fraction of sp³-hybridized carbons (Fsp3) is 0.273. The third kappa shape index (κ3) is 5.19. The molecule has 2 aromatic rings. The third-order valence-electron chi connectivity index (χ3n) is 4.50. The molecule has 5 nitrogen and oxygen atoms in total. The number of nitrogens with zero attached hydrogens (tertiary/aromatic N) is 1. The van der Waals surface area contributed by atoms with Gasteiger partial charge in [-0.1, -0.05) is 36.4 Å². The summed E-state index contributed by atoms with van der Waals surface area (Å²) in [4.78, 5) is 26.0. The van der Waals surface area contributed by atoms with E-state index in [0.717, 1.165) is 12.0 Å². The molecule has 6 heteroatoms. The molecule has 0 saturated heterocycles. The van der Waals surface area contributed by atoms with Gasteiger partial charge in [0.2, 0.25) is 0 Å². The van der Waals surface area contributed by atoms with Crippen molar-refractivity contribution in [1.82, 2.24) is 4.90 Å². The summed E-state index contributed by atoms with van der Waals surface area (Å²) in [5, 5.41) is 0. The highest BCUT2D eigenvalue weighted by atomic mass is 19.1. The van der Waals surface area contributed by atoms with Gasteiger partial charge in [0.05, 0.1) is 0 Å². The number of ether oxygens (including phenoxy) is 2. The molecule has 3 rings (SSSR count). The number of carbonyl (C=O) groups excluding carboxylic acids is 2. The molecule has 28 heavy (non-hydrogen) atoms. The van der Waals surface area contributed by atoms with Gasteiger partial charge in [-0.15, -0.1) is 0 Å². The summed E-state index contributed by atoms with van der Waals surface area (Å²) in [5.74, 6) is -0.924. The second-order valence-electron chi connectivity index (χ2n) is 6.51. The number of carbonyl (C=O) groups is 2. The number of esters is 1. The summed E-state index contributed by atoms with van der Waals surface area (Å²) < 4.78 is 23.4. The van der Waals surface area contributed by atoms with E-state index in [9.17, 15) is 14.0 Å². The molecule has 1 aliphatic rings. The van der Waals surface area contributed by atoms with Gasteiger partial charge in [0.15, 0.2) is 12.7 Å². The first kappa shape index (κ1) is 19.6. The molecular weight excluding hydrogens is 361 g/mol. The van der Waals surface area contributed by atoms with Crippen molar-refractivity contribution < 1.29 is 23.5 Å². The van der Waals surface area contributed by atoms with Crippen molar-refractivity contribution in [3.63, 3.8) is 0 Å². The average Bonchev–Trinajstić information content (AvgIpc) is 2.74. The Kier molecular flexibility index (Phi) is 6.42. The Morgan fingerprint density at radius 2 is 1.82 bits per heavy atom. The second kappa shape index (κ2) is 9.17. The number of hydrogen-bond acceptors (Lipinski definition) is 4. The van der Waals surface area contributed by atoms with E-state index in [2.05, 4.69) is 0 Å². The summed E-state index contributed by atoms with van der Waals surface area (Å²) >= 11 is 0. The molecule has 0 bridgehead atoms. The summed E-state index contributed by atoms with van der Waals surface area (Å²) in [6, 6.07) is 15.4. The highest BCUT2D eigenvalue weighted by Crippen LogP contribution is 2.22. The standard InChI is InChI=1S/C22H22FNO4/c1-16(28-20-9-7-19(23)8-10-20)22(26)27-15-21(25)24-13-11-18(12-14-24)17-5-3-2-4-6-17/h2-11,16H,12-15H2,1H3/t16-/m0/s1. The van der Waals surface area contributed by atoms with E-state index in [-0.39, 0.29) is 18.3 Å². The van der Waals surface area contributed by atoms with E-state index < -0.39 is 12.1 Å². The molecule has 0 radical (unpaired) electrons. The number of benzene rings is 2. The lowest BCUT2D eigenvalue weighted by Crippen LogP contribution is -2.38. The van der Waals surface area contributed by atoms with Gasteiger partial charge in [-0.25, -0.2) is 9.18 Å². The van der Waals surface area contributed by atoms with Crippen molar-refractivity contribution in [2.24, 2.45) is 0 Å². The van der Waals surface area contributed by atoms with Crippen molar-refractivity contribution in [2.45, 2.75) is 19.4 Å². The van der Waals surface area contributed by atoms with Crippen LogP contribution in [-0.4, -0.2) is 42.6 Å². The predicted molar refractivity (Wildman–Crippen MR) is 103 cm³/mol. The smallest absolute Gasteiger partial charge is 0.347 e. The minimum atomic E-state index is -0.899. The van der Waals surface area contributed by atoms with Gasteiger partial charge in [0.1, 0.15) is 11.6 Å². The molecule has 2 aromatic carbocycles. The van der Waals surface area contributed by atoms with Crippen LogP contribution in [0.3, 0.4) is 0 Å². The fourth-order valence-electron chi connectivity index (χ4n) is 2.92. The van der Waals surface area contributed by atoms with Gasteiger partial charge in [0.25, 0.3) is 5.91 Å². The van der Waals surface area contributed by atoms with Crippen LogP contribution in [0.4, 0.5) is 4.39 Å². The Morgan fingerprint density at radius 3 is 2.46 bits per heavy atom. The summed E-state index contributed by atoms with van der Waals surface area (Å²) in [6.07, 6.45) is 1.89.